The van der Waals surface area contributed by atoms with E-state index in [9.17, 15) is 4.79 Å². The summed E-state index contributed by atoms with van der Waals surface area (Å²) in [5, 5.41) is 2.93. The van der Waals surface area contributed by atoms with Crippen LogP contribution in [0.5, 0.6) is 0 Å². The molecule has 1 aliphatic rings. The van der Waals surface area contributed by atoms with Crippen molar-refractivity contribution < 1.29 is 4.79 Å². The number of hydrazine groups is 1. The van der Waals surface area contributed by atoms with Gasteiger partial charge in [-0.1, -0.05) is 37.3 Å². The van der Waals surface area contributed by atoms with Crippen LogP contribution in [-0.4, -0.2) is 28.1 Å². The highest BCUT2D eigenvalue weighted by Crippen LogP contribution is 2.13. The lowest BCUT2D eigenvalue weighted by Crippen LogP contribution is -2.44. The zero-order valence-electron chi connectivity index (χ0n) is 12.4. The van der Waals surface area contributed by atoms with Gasteiger partial charge < -0.3 is 5.32 Å². The van der Waals surface area contributed by atoms with E-state index in [1.807, 2.05) is 30.3 Å². The first-order valence-electron chi connectivity index (χ1n) is 7.45. The van der Waals surface area contributed by atoms with Crippen molar-refractivity contribution in [3.8, 4) is 11.4 Å². The average molecular weight is 297 g/mol. The molecule has 6 nitrogen and oxygen atoms in total. The van der Waals surface area contributed by atoms with E-state index in [4.69, 9.17) is 0 Å². The molecule has 1 aromatic carbocycles. The summed E-state index contributed by atoms with van der Waals surface area (Å²) in [6.45, 7) is 2.11. The van der Waals surface area contributed by atoms with Crippen molar-refractivity contribution in [1.82, 2.24) is 26.1 Å². The van der Waals surface area contributed by atoms with Crippen LogP contribution < -0.4 is 16.2 Å². The number of nitrogens with one attached hydrogen (secondary N) is 3. The minimum Gasteiger partial charge on any atom is -0.335 e. The smallest absolute Gasteiger partial charge is 0.255 e. The molecule has 2 atom stereocenters. The van der Waals surface area contributed by atoms with Crippen molar-refractivity contribution in [2.75, 3.05) is 0 Å². The molecule has 0 bridgehead atoms. The molecule has 1 aliphatic heterocycles. The molecule has 1 saturated heterocycles. The summed E-state index contributed by atoms with van der Waals surface area (Å²) in [5.41, 5.74) is 7.61. The normalized spacial score (nSPS) is 20.8. The van der Waals surface area contributed by atoms with Crippen molar-refractivity contribution in [1.29, 1.82) is 0 Å². The van der Waals surface area contributed by atoms with Crippen LogP contribution in [0.1, 0.15) is 30.1 Å². The highest BCUT2D eigenvalue weighted by Gasteiger charge is 2.24. The Balaban J connectivity index is 1.64. The Hall–Kier alpha value is -2.31. The molecular weight excluding hydrogens is 278 g/mol. The van der Waals surface area contributed by atoms with E-state index < -0.39 is 0 Å². The number of nitrogens with zero attached hydrogens (tertiary/aromatic N) is 2. The van der Waals surface area contributed by atoms with E-state index >= 15 is 0 Å². The van der Waals surface area contributed by atoms with Crippen LogP contribution in [0.25, 0.3) is 11.4 Å². The molecule has 2 heterocycles. The van der Waals surface area contributed by atoms with Gasteiger partial charge in [-0.05, 0) is 12.8 Å². The summed E-state index contributed by atoms with van der Waals surface area (Å²) in [6, 6.07) is 10.1. The lowest BCUT2D eigenvalue weighted by Gasteiger charge is -2.11. The van der Waals surface area contributed by atoms with Crippen molar-refractivity contribution in [2.24, 2.45) is 0 Å². The second kappa shape index (κ2) is 6.64. The highest BCUT2D eigenvalue weighted by molar-refractivity contribution is 5.93. The number of amides is 1. The fourth-order valence-corrected chi connectivity index (χ4v) is 2.41. The molecule has 6 heteroatoms. The van der Waals surface area contributed by atoms with E-state index in [0.29, 0.717) is 17.4 Å². The Bertz CT molecular complexity index is 629. The Morgan fingerprint density at radius 1 is 1.23 bits per heavy atom. The molecular formula is C16H19N5O. The van der Waals surface area contributed by atoms with Crippen LogP contribution in [-0.2, 0) is 0 Å². The first-order chi connectivity index (χ1) is 10.8. The molecule has 1 amide bonds. The maximum Gasteiger partial charge on any atom is 0.255 e. The number of carbonyl (C=O) groups excluding carboxylic acids is 1. The van der Waals surface area contributed by atoms with E-state index in [1.54, 1.807) is 12.4 Å². The number of hydrogen-bond acceptors (Lipinski definition) is 5. The summed E-state index contributed by atoms with van der Waals surface area (Å²) >= 11 is 0. The average Bonchev–Trinajstić information content (AvgIpc) is 3.03. The molecule has 0 radical (unpaired) electrons. The van der Waals surface area contributed by atoms with E-state index in [0.717, 1.165) is 18.4 Å². The Kier molecular flexibility index (Phi) is 4.41. The van der Waals surface area contributed by atoms with Gasteiger partial charge in [0.2, 0.25) is 0 Å². The fourth-order valence-electron chi connectivity index (χ4n) is 2.41. The van der Waals surface area contributed by atoms with Crippen LogP contribution in [0.3, 0.4) is 0 Å². The number of benzene rings is 1. The van der Waals surface area contributed by atoms with Crippen LogP contribution in [0.4, 0.5) is 0 Å². The van der Waals surface area contributed by atoms with Crippen molar-refractivity contribution >= 4 is 5.91 Å². The van der Waals surface area contributed by atoms with Crippen LogP contribution in [0.2, 0.25) is 0 Å². The molecule has 2 aromatic rings. The predicted molar refractivity (Wildman–Crippen MR) is 83.7 cm³/mol. The van der Waals surface area contributed by atoms with Crippen LogP contribution in [0.15, 0.2) is 42.7 Å². The minimum atomic E-state index is -0.171. The molecule has 2 unspecified atom stereocenters. The zero-order valence-corrected chi connectivity index (χ0v) is 12.4. The lowest BCUT2D eigenvalue weighted by atomic mass is 10.1. The maximum atomic E-state index is 12.2. The monoisotopic (exact) mass is 297 g/mol. The van der Waals surface area contributed by atoms with E-state index in [2.05, 4.69) is 33.1 Å². The summed E-state index contributed by atoms with van der Waals surface area (Å²) < 4.78 is 0. The van der Waals surface area contributed by atoms with Gasteiger partial charge in [0.25, 0.3) is 5.91 Å². The van der Waals surface area contributed by atoms with Gasteiger partial charge in [0, 0.05) is 24.0 Å². The molecule has 114 valence electrons. The van der Waals surface area contributed by atoms with Gasteiger partial charge in [-0.2, -0.15) is 0 Å². The largest absolute Gasteiger partial charge is 0.335 e. The zero-order chi connectivity index (χ0) is 15.4. The number of hydrogen-bond donors (Lipinski definition) is 3. The van der Waals surface area contributed by atoms with Gasteiger partial charge in [0.05, 0.1) is 11.7 Å². The van der Waals surface area contributed by atoms with Gasteiger partial charge in [0.1, 0.15) is 0 Å². The van der Waals surface area contributed by atoms with Crippen LogP contribution >= 0.6 is 0 Å². The molecule has 22 heavy (non-hydrogen) atoms. The second-order valence-corrected chi connectivity index (χ2v) is 5.32. The molecule has 1 aromatic heterocycles. The third-order valence-electron chi connectivity index (χ3n) is 3.73. The highest BCUT2D eigenvalue weighted by atomic mass is 16.1. The molecule has 1 fully saturated rings. The quantitative estimate of drug-likeness (QED) is 0.796. The third kappa shape index (κ3) is 3.29. The minimum absolute atomic E-state index is 0.0637. The summed E-state index contributed by atoms with van der Waals surface area (Å²) in [4.78, 5) is 20.7. The Labute approximate surface area is 129 Å². The molecule has 0 saturated carbocycles. The Morgan fingerprint density at radius 3 is 2.59 bits per heavy atom. The van der Waals surface area contributed by atoms with Crippen molar-refractivity contribution in [3.05, 3.63) is 48.3 Å². The van der Waals surface area contributed by atoms with Gasteiger partial charge >= 0.3 is 0 Å². The second-order valence-electron chi connectivity index (χ2n) is 5.32. The molecule has 0 aliphatic carbocycles. The van der Waals surface area contributed by atoms with Crippen molar-refractivity contribution in [3.63, 3.8) is 0 Å². The maximum absolute atomic E-state index is 12.2. The van der Waals surface area contributed by atoms with Crippen molar-refractivity contribution in [2.45, 2.75) is 32.0 Å². The fraction of sp³-hybridized carbons (Fsp3) is 0.312. The number of carbonyl (C=O) groups is 1. The van der Waals surface area contributed by atoms with Crippen LogP contribution in [0, 0.1) is 0 Å². The molecule has 3 rings (SSSR count). The SMILES string of the molecule is CCC1CC(NC(=O)c2cnc(-c3ccccc3)nc2)NN1. The first-order valence-corrected chi connectivity index (χ1v) is 7.45. The Morgan fingerprint density at radius 2 is 1.95 bits per heavy atom. The van der Waals surface area contributed by atoms with Gasteiger partial charge in [-0.15, -0.1) is 0 Å². The number of aromatic nitrogens is 2. The molecule has 0 spiro atoms. The van der Waals surface area contributed by atoms with Gasteiger partial charge in [-0.25, -0.2) is 15.4 Å². The lowest BCUT2D eigenvalue weighted by molar-refractivity contribution is 0.0931. The summed E-state index contributed by atoms with van der Waals surface area (Å²) in [7, 11) is 0. The third-order valence-corrected chi connectivity index (χ3v) is 3.73. The van der Waals surface area contributed by atoms with Gasteiger partial charge in [0.15, 0.2) is 5.82 Å². The van der Waals surface area contributed by atoms with E-state index in [-0.39, 0.29) is 12.1 Å². The number of rotatable bonds is 4. The first kappa shape index (κ1) is 14.6. The summed E-state index contributed by atoms with van der Waals surface area (Å²) in [6.07, 6.45) is 4.94. The standard InChI is InChI=1S/C16H19N5O/c1-2-13-8-14(21-20-13)19-16(22)12-9-17-15(18-10-12)11-6-4-3-5-7-11/h3-7,9-10,13-14,20-21H,2,8H2,1H3,(H,19,22). The molecule has 3 N–H and O–H groups in total. The van der Waals surface area contributed by atoms with Gasteiger partial charge in [-0.3, -0.25) is 10.2 Å². The predicted octanol–water partition coefficient (Wildman–Crippen LogP) is 1.48. The summed E-state index contributed by atoms with van der Waals surface area (Å²) in [5.74, 6) is 0.444. The van der Waals surface area contributed by atoms with E-state index in [1.165, 1.54) is 0 Å². The topological polar surface area (TPSA) is 78.9 Å².